The summed E-state index contributed by atoms with van der Waals surface area (Å²) in [6, 6.07) is 3.35. The molecule has 0 aliphatic rings. The van der Waals surface area contributed by atoms with Gasteiger partial charge in [0.05, 0.1) is 5.69 Å². The van der Waals surface area contributed by atoms with Crippen LogP contribution in [-0.2, 0) is 0 Å². The molecule has 2 heterocycles. The molecule has 0 amide bonds. The lowest BCUT2D eigenvalue weighted by molar-refractivity contribution is 0.0702. The smallest absolute Gasteiger partial charge is 0.345 e. The molecular formula is C14H11N3O3S. The third-order valence-electron chi connectivity index (χ3n) is 2.80. The molecule has 106 valence electrons. The number of hydrogen-bond acceptors (Lipinski definition) is 5. The molecule has 0 saturated carbocycles. The Bertz CT molecular complexity index is 840. The van der Waals surface area contributed by atoms with Crippen LogP contribution in [0.5, 0.6) is 0 Å². The summed E-state index contributed by atoms with van der Waals surface area (Å²) in [6.07, 6.45) is 1.73. The summed E-state index contributed by atoms with van der Waals surface area (Å²) >= 11 is 1.13. The number of carboxylic acid groups (broad SMARTS) is 1. The van der Waals surface area contributed by atoms with Gasteiger partial charge in [-0.05, 0) is 42.5 Å². The van der Waals surface area contributed by atoms with Gasteiger partial charge in [-0.15, -0.1) is 11.3 Å². The number of aromatic carboxylic acids is 1. The van der Waals surface area contributed by atoms with Crippen molar-refractivity contribution in [1.29, 1.82) is 5.26 Å². The first kappa shape index (κ1) is 14.7. The standard InChI is InChI=1S/C14H11N3O3S/c1-7(3-9-4-11(14(19)20)21-6-9)12-16-8(2)10(5-15)13(18)17-12/h3-4,6H,1-2H3,(H,19,20)(H,16,17,18)/b7-3+. The monoisotopic (exact) mass is 301 g/mol. The van der Waals surface area contributed by atoms with E-state index >= 15 is 0 Å². The summed E-state index contributed by atoms with van der Waals surface area (Å²) in [6.45, 7) is 3.35. The number of nitriles is 1. The van der Waals surface area contributed by atoms with Gasteiger partial charge < -0.3 is 10.1 Å². The number of carbonyl (C=O) groups is 1. The fraction of sp³-hybridized carbons (Fsp3) is 0.143. The van der Waals surface area contributed by atoms with Gasteiger partial charge in [0, 0.05) is 0 Å². The summed E-state index contributed by atoms with van der Waals surface area (Å²) in [5.41, 5.74) is 1.27. The van der Waals surface area contributed by atoms with Gasteiger partial charge in [0.1, 0.15) is 22.3 Å². The van der Waals surface area contributed by atoms with Gasteiger partial charge in [0.2, 0.25) is 0 Å². The molecule has 0 radical (unpaired) electrons. The van der Waals surface area contributed by atoms with Crippen molar-refractivity contribution in [1.82, 2.24) is 9.97 Å². The molecule has 0 spiro atoms. The number of H-pyrrole nitrogens is 1. The van der Waals surface area contributed by atoms with Gasteiger partial charge in [-0.2, -0.15) is 5.26 Å². The van der Waals surface area contributed by atoms with E-state index in [1.807, 2.05) is 0 Å². The van der Waals surface area contributed by atoms with Gasteiger partial charge in [0.25, 0.3) is 5.56 Å². The fourth-order valence-electron chi connectivity index (χ4n) is 1.76. The zero-order valence-electron chi connectivity index (χ0n) is 11.3. The number of allylic oxidation sites excluding steroid dienone is 1. The highest BCUT2D eigenvalue weighted by atomic mass is 32.1. The lowest BCUT2D eigenvalue weighted by Crippen LogP contribution is -2.16. The average molecular weight is 301 g/mol. The van der Waals surface area contributed by atoms with E-state index in [0.717, 1.165) is 16.9 Å². The Hall–Kier alpha value is -2.72. The van der Waals surface area contributed by atoms with Gasteiger partial charge in [-0.1, -0.05) is 0 Å². The van der Waals surface area contributed by atoms with Crippen LogP contribution >= 0.6 is 11.3 Å². The summed E-state index contributed by atoms with van der Waals surface area (Å²) < 4.78 is 0. The number of aromatic nitrogens is 2. The number of rotatable bonds is 3. The Labute approximate surface area is 124 Å². The number of thiophene rings is 1. The minimum atomic E-state index is -0.974. The van der Waals surface area contributed by atoms with Crippen LogP contribution in [0.3, 0.4) is 0 Å². The van der Waals surface area contributed by atoms with Crippen molar-refractivity contribution >= 4 is 29.0 Å². The van der Waals surface area contributed by atoms with Crippen molar-refractivity contribution in [3.05, 3.63) is 49.3 Å². The molecule has 0 unspecified atom stereocenters. The summed E-state index contributed by atoms with van der Waals surface area (Å²) in [5.74, 6) is -0.613. The molecule has 0 atom stereocenters. The minimum Gasteiger partial charge on any atom is -0.477 e. The topological polar surface area (TPSA) is 107 Å². The fourth-order valence-corrected chi connectivity index (χ4v) is 2.47. The van der Waals surface area contributed by atoms with Crippen LogP contribution in [0.15, 0.2) is 16.2 Å². The van der Waals surface area contributed by atoms with Crippen LogP contribution in [-0.4, -0.2) is 21.0 Å². The lowest BCUT2D eigenvalue weighted by atomic mass is 10.1. The molecule has 0 aliphatic heterocycles. The number of nitrogens with one attached hydrogen (secondary N) is 1. The molecule has 0 bridgehead atoms. The number of carboxylic acids is 1. The molecule has 2 rings (SSSR count). The first-order valence-corrected chi connectivity index (χ1v) is 6.82. The number of aryl methyl sites for hydroxylation is 1. The van der Waals surface area contributed by atoms with Crippen LogP contribution in [0.1, 0.15) is 39.2 Å². The van der Waals surface area contributed by atoms with Crippen LogP contribution in [0.2, 0.25) is 0 Å². The Kier molecular flexibility index (Phi) is 4.00. The third kappa shape index (κ3) is 3.07. The van der Waals surface area contributed by atoms with Crippen molar-refractivity contribution in [2.75, 3.05) is 0 Å². The molecule has 2 aromatic rings. The van der Waals surface area contributed by atoms with E-state index in [1.54, 1.807) is 37.4 Å². The van der Waals surface area contributed by atoms with E-state index < -0.39 is 11.5 Å². The van der Waals surface area contributed by atoms with Gasteiger partial charge >= 0.3 is 5.97 Å². The highest BCUT2D eigenvalue weighted by Gasteiger charge is 2.09. The summed E-state index contributed by atoms with van der Waals surface area (Å²) in [4.78, 5) is 29.5. The van der Waals surface area contributed by atoms with E-state index in [-0.39, 0.29) is 10.4 Å². The Morgan fingerprint density at radius 3 is 2.81 bits per heavy atom. The van der Waals surface area contributed by atoms with Crippen LogP contribution in [0, 0.1) is 18.3 Å². The van der Waals surface area contributed by atoms with Crippen molar-refractivity contribution < 1.29 is 9.90 Å². The van der Waals surface area contributed by atoms with E-state index in [1.165, 1.54) is 0 Å². The second kappa shape index (κ2) is 5.73. The Morgan fingerprint density at radius 1 is 1.57 bits per heavy atom. The molecule has 0 aromatic carbocycles. The predicted molar refractivity (Wildman–Crippen MR) is 79.1 cm³/mol. The number of hydrogen-bond donors (Lipinski definition) is 2. The maximum Gasteiger partial charge on any atom is 0.345 e. The number of aromatic amines is 1. The molecular weight excluding hydrogens is 290 g/mol. The van der Waals surface area contributed by atoms with Crippen molar-refractivity contribution in [3.8, 4) is 6.07 Å². The Morgan fingerprint density at radius 2 is 2.29 bits per heavy atom. The average Bonchev–Trinajstić information content (AvgIpc) is 2.87. The number of nitrogens with zero attached hydrogens (tertiary/aromatic N) is 2. The van der Waals surface area contributed by atoms with E-state index in [0.29, 0.717) is 17.1 Å². The molecule has 0 fully saturated rings. The summed E-state index contributed by atoms with van der Waals surface area (Å²) in [5, 5.41) is 19.4. The maximum absolute atomic E-state index is 11.7. The second-order valence-corrected chi connectivity index (χ2v) is 5.27. The quantitative estimate of drug-likeness (QED) is 0.904. The molecule has 0 saturated heterocycles. The van der Waals surface area contributed by atoms with E-state index in [4.69, 9.17) is 10.4 Å². The molecule has 21 heavy (non-hydrogen) atoms. The predicted octanol–water partition coefficient (Wildman–Crippen LogP) is 2.27. The summed E-state index contributed by atoms with van der Waals surface area (Å²) in [7, 11) is 0. The normalized spacial score (nSPS) is 11.2. The van der Waals surface area contributed by atoms with Gasteiger partial charge in [-0.25, -0.2) is 9.78 Å². The van der Waals surface area contributed by atoms with Crippen LogP contribution in [0.4, 0.5) is 0 Å². The van der Waals surface area contributed by atoms with Crippen molar-refractivity contribution in [3.63, 3.8) is 0 Å². The van der Waals surface area contributed by atoms with Crippen molar-refractivity contribution in [2.45, 2.75) is 13.8 Å². The lowest BCUT2D eigenvalue weighted by Gasteiger charge is -2.03. The second-order valence-electron chi connectivity index (χ2n) is 4.36. The Balaban J connectivity index is 2.42. The highest BCUT2D eigenvalue weighted by Crippen LogP contribution is 2.20. The molecule has 0 aliphatic carbocycles. The first-order chi connectivity index (χ1) is 9.92. The van der Waals surface area contributed by atoms with E-state index in [9.17, 15) is 9.59 Å². The van der Waals surface area contributed by atoms with Crippen molar-refractivity contribution in [2.24, 2.45) is 0 Å². The van der Waals surface area contributed by atoms with Crippen LogP contribution < -0.4 is 5.56 Å². The molecule has 2 N–H and O–H groups in total. The zero-order chi connectivity index (χ0) is 15.6. The highest BCUT2D eigenvalue weighted by molar-refractivity contribution is 7.12. The largest absolute Gasteiger partial charge is 0.477 e. The van der Waals surface area contributed by atoms with Gasteiger partial charge in [-0.3, -0.25) is 4.79 Å². The molecule has 2 aromatic heterocycles. The zero-order valence-corrected chi connectivity index (χ0v) is 12.1. The maximum atomic E-state index is 11.7. The van der Waals surface area contributed by atoms with E-state index in [2.05, 4.69) is 9.97 Å². The van der Waals surface area contributed by atoms with Gasteiger partial charge in [0.15, 0.2) is 0 Å². The molecule has 7 heteroatoms. The third-order valence-corrected chi connectivity index (χ3v) is 3.74. The van der Waals surface area contributed by atoms with Crippen LogP contribution in [0.25, 0.3) is 11.6 Å². The minimum absolute atomic E-state index is 0.00440. The SMILES string of the molecule is C/C(=C\c1csc(C(=O)O)c1)c1nc(C)c(C#N)c(=O)[nH]1. The molecule has 6 nitrogen and oxygen atoms in total. The first-order valence-electron chi connectivity index (χ1n) is 5.94.